The molecular weight excluding hydrogens is 366 g/mol. The summed E-state index contributed by atoms with van der Waals surface area (Å²) in [5.74, 6) is 1.31. The molecule has 3 aromatic rings. The number of rotatable bonds is 9. The molecule has 2 N–H and O–H groups in total. The van der Waals surface area contributed by atoms with Crippen molar-refractivity contribution in [3.05, 3.63) is 48.3 Å². The van der Waals surface area contributed by atoms with Crippen LogP contribution in [0.5, 0.6) is 0 Å². The molecule has 144 valence electrons. The third-order valence-corrected chi connectivity index (χ3v) is 5.36. The van der Waals surface area contributed by atoms with Crippen LogP contribution in [0, 0.1) is 0 Å². The van der Waals surface area contributed by atoms with Crippen LogP contribution in [-0.2, 0) is 16.4 Å². The third kappa shape index (κ3) is 5.00. The van der Waals surface area contributed by atoms with Crippen molar-refractivity contribution in [1.29, 1.82) is 0 Å². The van der Waals surface area contributed by atoms with Gasteiger partial charge in [-0.05, 0) is 38.4 Å². The minimum atomic E-state index is -3.54. The lowest BCUT2D eigenvalue weighted by Crippen LogP contribution is -2.26. The fourth-order valence-corrected chi connectivity index (χ4v) is 3.52. The molecule has 0 aliphatic carbocycles. The fraction of sp³-hybridized carbons (Fsp3) is 0.353. The van der Waals surface area contributed by atoms with E-state index >= 15 is 0 Å². The summed E-state index contributed by atoms with van der Waals surface area (Å²) in [6.07, 6.45) is 0.376. The van der Waals surface area contributed by atoms with Crippen LogP contribution in [0.4, 0.5) is 5.82 Å². The van der Waals surface area contributed by atoms with Gasteiger partial charge >= 0.3 is 0 Å². The second-order valence-electron chi connectivity index (χ2n) is 6.30. The SMILES string of the molecule is CN(C)CCNc1ccc2nnc(CCNS(=O)(=O)c3ccccc3)n2n1. The van der Waals surface area contributed by atoms with Gasteiger partial charge in [-0.1, -0.05) is 18.2 Å². The van der Waals surface area contributed by atoms with E-state index in [9.17, 15) is 8.42 Å². The average Bonchev–Trinajstić information content (AvgIpc) is 3.04. The van der Waals surface area contributed by atoms with Crippen molar-refractivity contribution in [2.24, 2.45) is 0 Å². The summed E-state index contributed by atoms with van der Waals surface area (Å²) >= 11 is 0. The van der Waals surface area contributed by atoms with Crippen LogP contribution >= 0.6 is 0 Å². The van der Waals surface area contributed by atoms with Gasteiger partial charge in [0.1, 0.15) is 5.82 Å². The summed E-state index contributed by atoms with van der Waals surface area (Å²) in [6, 6.07) is 11.9. The molecule has 0 saturated heterocycles. The summed E-state index contributed by atoms with van der Waals surface area (Å²) < 4.78 is 28.8. The normalized spacial score (nSPS) is 12.0. The number of aromatic nitrogens is 4. The van der Waals surface area contributed by atoms with Crippen molar-refractivity contribution in [3.63, 3.8) is 0 Å². The molecule has 0 amide bonds. The largest absolute Gasteiger partial charge is 0.367 e. The van der Waals surface area contributed by atoms with E-state index in [1.165, 1.54) is 0 Å². The maximum absolute atomic E-state index is 12.3. The first kappa shape index (κ1) is 19.2. The van der Waals surface area contributed by atoms with Gasteiger partial charge in [0.2, 0.25) is 10.0 Å². The van der Waals surface area contributed by atoms with Gasteiger partial charge in [-0.25, -0.2) is 13.1 Å². The zero-order valence-corrected chi connectivity index (χ0v) is 16.1. The Balaban J connectivity index is 1.64. The minimum absolute atomic E-state index is 0.206. The van der Waals surface area contributed by atoms with Gasteiger partial charge in [-0.2, -0.15) is 4.52 Å². The molecule has 0 spiro atoms. The van der Waals surface area contributed by atoms with E-state index in [1.54, 1.807) is 34.8 Å². The highest BCUT2D eigenvalue weighted by atomic mass is 32.2. The van der Waals surface area contributed by atoms with Crippen molar-refractivity contribution in [1.82, 2.24) is 29.4 Å². The van der Waals surface area contributed by atoms with E-state index in [-0.39, 0.29) is 11.4 Å². The van der Waals surface area contributed by atoms with Crippen LogP contribution in [0.3, 0.4) is 0 Å². The first-order valence-electron chi connectivity index (χ1n) is 8.60. The lowest BCUT2D eigenvalue weighted by atomic mass is 10.4. The van der Waals surface area contributed by atoms with E-state index in [0.29, 0.717) is 17.9 Å². The highest BCUT2D eigenvalue weighted by Crippen LogP contribution is 2.09. The van der Waals surface area contributed by atoms with Gasteiger partial charge in [0.15, 0.2) is 11.5 Å². The van der Waals surface area contributed by atoms with Gasteiger partial charge in [-0.15, -0.1) is 15.3 Å². The highest BCUT2D eigenvalue weighted by molar-refractivity contribution is 7.89. The van der Waals surface area contributed by atoms with Gasteiger partial charge in [0, 0.05) is 26.1 Å². The van der Waals surface area contributed by atoms with E-state index in [0.717, 1.165) is 18.9 Å². The molecule has 2 heterocycles. The number of hydrogen-bond acceptors (Lipinski definition) is 7. The summed E-state index contributed by atoms with van der Waals surface area (Å²) in [6.45, 7) is 1.86. The van der Waals surface area contributed by atoms with Crippen molar-refractivity contribution in [2.75, 3.05) is 39.0 Å². The Morgan fingerprint density at radius 1 is 1.04 bits per heavy atom. The lowest BCUT2D eigenvalue weighted by molar-refractivity contribution is 0.425. The maximum Gasteiger partial charge on any atom is 0.240 e. The monoisotopic (exact) mass is 389 g/mol. The number of anilines is 1. The van der Waals surface area contributed by atoms with Gasteiger partial charge in [-0.3, -0.25) is 0 Å². The van der Waals surface area contributed by atoms with Gasteiger partial charge < -0.3 is 10.2 Å². The predicted octanol–water partition coefficient (Wildman–Crippen LogP) is 0.619. The van der Waals surface area contributed by atoms with Crippen molar-refractivity contribution >= 4 is 21.5 Å². The van der Waals surface area contributed by atoms with Gasteiger partial charge in [0.25, 0.3) is 0 Å². The van der Waals surface area contributed by atoms with Crippen molar-refractivity contribution < 1.29 is 8.42 Å². The number of hydrogen-bond donors (Lipinski definition) is 2. The minimum Gasteiger partial charge on any atom is -0.367 e. The van der Waals surface area contributed by atoms with E-state index < -0.39 is 10.0 Å². The summed E-state index contributed by atoms with van der Waals surface area (Å²) in [4.78, 5) is 2.32. The first-order chi connectivity index (χ1) is 13.0. The highest BCUT2D eigenvalue weighted by Gasteiger charge is 2.14. The maximum atomic E-state index is 12.3. The van der Waals surface area contributed by atoms with Crippen LogP contribution in [-0.4, -0.2) is 66.9 Å². The molecular formula is C17H23N7O2S. The van der Waals surface area contributed by atoms with Crippen LogP contribution in [0.25, 0.3) is 5.65 Å². The average molecular weight is 389 g/mol. The number of nitrogens with one attached hydrogen (secondary N) is 2. The topological polar surface area (TPSA) is 105 Å². The Morgan fingerprint density at radius 3 is 2.56 bits per heavy atom. The number of likely N-dealkylation sites (N-methyl/N-ethyl adjacent to an activating group) is 1. The standard InChI is InChI=1S/C17H23N7O2S/c1-23(2)13-12-18-15-8-9-16-20-21-17(24(16)22-15)10-11-19-27(25,26)14-6-4-3-5-7-14/h3-9,19H,10-13H2,1-2H3,(H,18,22). The lowest BCUT2D eigenvalue weighted by Gasteiger charge is -2.11. The zero-order valence-electron chi connectivity index (χ0n) is 15.3. The smallest absolute Gasteiger partial charge is 0.240 e. The Kier molecular flexibility index (Phi) is 5.99. The molecule has 0 aliphatic rings. The molecule has 0 aliphatic heterocycles. The molecule has 3 rings (SSSR count). The fourth-order valence-electron chi connectivity index (χ4n) is 2.47. The van der Waals surface area contributed by atoms with E-state index in [2.05, 4.69) is 30.2 Å². The number of sulfonamides is 1. The molecule has 0 radical (unpaired) electrons. The molecule has 0 atom stereocenters. The van der Waals surface area contributed by atoms with Crippen LogP contribution in [0.2, 0.25) is 0 Å². The molecule has 9 nitrogen and oxygen atoms in total. The summed E-state index contributed by atoms with van der Waals surface area (Å²) in [7, 11) is 0.473. The molecule has 0 unspecified atom stereocenters. The number of fused-ring (bicyclic) bond motifs is 1. The number of benzene rings is 1. The molecule has 27 heavy (non-hydrogen) atoms. The van der Waals surface area contributed by atoms with Crippen molar-refractivity contribution in [2.45, 2.75) is 11.3 Å². The van der Waals surface area contributed by atoms with Crippen LogP contribution in [0.15, 0.2) is 47.4 Å². The first-order valence-corrected chi connectivity index (χ1v) is 10.1. The Bertz CT molecular complexity index is 987. The molecule has 10 heteroatoms. The third-order valence-electron chi connectivity index (χ3n) is 3.89. The second-order valence-corrected chi connectivity index (χ2v) is 8.06. The Labute approximate surface area is 158 Å². The zero-order chi connectivity index (χ0) is 19.3. The van der Waals surface area contributed by atoms with E-state index in [1.807, 2.05) is 26.2 Å². The Morgan fingerprint density at radius 2 is 1.81 bits per heavy atom. The van der Waals surface area contributed by atoms with Gasteiger partial charge in [0.05, 0.1) is 4.90 Å². The second kappa shape index (κ2) is 8.42. The quantitative estimate of drug-likeness (QED) is 0.553. The van der Waals surface area contributed by atoms with E-state index in [4.69, 9.17) is 0 Å². The van der Waals surface area contributed by atoms with Crippen molar-refractivity contribution in [3.8, 4) is 0 Å². The number of nitrogens with zero attached hydrogens (tertiary/aromatic N) is 5. The molecule has 0 saturated carbocycles. The molecule has 0 bridgehead atoms. The summed E-state index contributed by atoms with van der Waals surface area (Å²) in [5.41, 5.74) is 0.620. The predicted molar refractivity (Wildman–Crippen MR) is 103 cm³/mol. The Hall–Kier alpha value is -2.56. The van der Waals surface area contributed by atoms with Crippen LogP contribution < -0.4 is 10.0 Å². The molecule has 1 aromatic carbocycles. The molecule has 2 aromatic heterocycles. The molecule has 0 fully saturated rings. The summed E-state index contributed by atoms with van der Waals surface area (Å²) in [5, 5.41) is 15.9. The van der Waals surface area contributed by atoms with Crippen LogP contribution in [0.1, 0.15) is 5.82 Å².